The quantitative estimate of drug-likeness (QED) is 0.175. The maximum atomic E-state index is 6.37. The molecule has 48 heavy (non-hydrogen) atoms. The van der Waals surface area contributed by atoms with Crippen LogP contribution < -0.4 is 30.7 Å². The summed E-state index contributed by atoms with van der Waals surface area (Å²) in [6.07, 6.45) is 3.94. The van der Waals surface area contributed by atoms with Crippen molar-refractivity contribution in [1.29, 1.82) is 0 Å². The molecule has 0 amide bonds. The number of benzene rings is 7. The maximum absolute atomic E-state index is 6.37. The lowest BCUT2D eigenvalue weighted by Crippen LogP contribution is -2.30. The Bertz CT molecular complexity index is 2070. The van der Waals surface area contributed by atoms with Gasteiger partial charge in [-0.15, -0.1) is 0 Å². The van der Waals surface area contributed by atoms with Gasteiger partial charge in [0.25, 0.3) is 0 Å². The largest absolute Gasteiger partial charge is 0.496 e. The third kappa shape index (κ3) is 5.58. The lowest BCUT2D eigenvalue weighted by Gasteiger charge is -2.28. The summed E-state index contributed by atoms with van der Waals surface area (Å²) in [5, 5.41) is 10.5. The van der Waals surface area contributed by atoms with Gasteiger partial charge >= 0.3 is 0 Å². The first kappa shape index (κ1) is 30.8. The SMILES string of the molecule is COc1c2ccc3cccc(c13)-c1cccc3ccc(c(OC)c13)CCP(c1ccccc1)c1ccccc1P(c1ccccc1)CC2. The van der Waals surface area contributed by atoms with Crippen molar-refractivity contribution in [2.45, 2.75) is 12.8 Å². The third-order valence-corrected chi connectivity index (χ3v) is 15.0. The van der Waals surface area contributed by atoms with Crippen LogP contribution in [0.2, 0.25) is 0 Å². The van der Waals surface area contributed by atoms with Crippen LogP contribution in [0, 0.1) is 0 Å². The van der Waals surface area contributed by atoms with Crippen LogP contribution >= 0.6 is 15.8 Å². The van der Waals surface area contributed by atoms with Crippen LogP contribution in [0.3, 0.4) is 0 Å². The fraction of sp³-hybridized carbons (Fsp3) is 0.136. The molecule has 7 aromatic carbocycles. The summed E-state index contributed by atoms with van der Waals surface area (Å²) < 4.78 is 12.7. The van der Waals surface area contributed by atoms with Crippen molar-refractivity contribution < 1.29 is 9.47 Å². The van der Waals surface area contributed by atoms with Gasteiger partial charge in [-0.1, -0.05) is 146 Å². The highest BCUT2D eigenvalue weighted by Gasteiger charge is 2.25. The molecule has 0 fully saturated rings. The molecule has 1 aliphatic rings. The van der Waals surface area contributed by atoms with E-state index in [0.29, 0.717) is 0 Å². The van der Waals surface area contributed by atoms with Gasteiger partial charge in [0.15, 0.2) is 0 Å². The maximum Gasteiger partial charge on any atom is 0.130 e. The predicted octanol–water partition coefficient (Wildman–Crippen LogP) is 9.34. The molecule has 4 heteroatoms. The molecule has 2 nitrogen and oxygen atoms in total. The third-order valence-electron chi connectivity index (χ3n) is 9.67. The van der Waals surface area contributed by atoms with E-state index in [2.05, 4.69) is 146 Å². The molecular formula is C44H38O2P2. The molecule has 4 bridgehead atoms. The highest BCUT2D eigenvalue weighted by Crippen LogP contribution is 2.46. The van der Waals surface area contributed by atoms with Gasteiger partial charge in [0.1, 0.15) is 11.5 Å². The molecule has 236 valence electrons. The molecule has 1 aliphatic heterocycles. The van der Waals surface area contributed by atoms with Gasteiger partial charge in [-0.2, -0.15) is 0 Å². The first-order valence-electron chi connectivity index (χ1n) is 16.7. The Kier molecular flexibility index (Phi) is 8.71. The second-order valence-electron chi connectivity index (χ2n) is 12.3. The first-order chi connectivity index (χ1) is 23.7. The molecule has 2 atom stereocenters. The van der Waals surface area contributed by atoms with Gasteiger partial charge in [-0.3, -0.25) is 0 Å². The van der Waals surface area contributed by atoms with E-state index in [9.17, 15) is 0 Å². The molecule has 0 aliphatic carbocycles. The highest BCUT2D eigenvalue weighted by atomic mass is 31.1. The lowest BCUT2D eigenvalue weighted by molar-refractivity contribution is 0.415. The fourth-order valence-corrected chi connectivity index (χ4v) is 13.0. The standard InChI is InChI=1S/C44H38O2P2/c1-45-43-33-25-23-31-13-11-19-37(41(31)43)38-20-12-14-32-24-26-34(44(46-2)42(32)38)28-30-48(36-17-7-4-8-18-36)40-22-10-9-21-39(40)47(29-27-33)35-15-5-3-6-16-35/h3-26H,27-30H2,1-2H3. The Morgan fingerprint density at radius 2 is 0.833 bits per heavy atom. The van der Waals surface area contributed by atoms with E-state index < -0.39 is 15.8 Å². The van der Waals surface area contributed by atoms with E-state index in [-0.39, 0.29) is 0 Å². The van der Waals surface area contributed by atoms with Crippen LogP contribution in [0.1, 0.15) is 11.1 Å². The van der Waals surface area contributed by atoms with Crippen LogP contribution in [0.25, 0.3) is 32.7 Å². The van der Waals surface area contributed by atoms with E-state index in [1.54, 1.807) is 0 Å². The molecule has 8 rings (SSSR count). The highest BCUT2D eigenvalue weighted by molar-refractivity contribution is 7.79. The predicted molar refractivity (Wildman–Crippen MR) is 209 cm³/mol. The Morgan fingerprint density at radius 3 is 1.25 bits per heavy atom. The topological polar surface area (TPSA) is 18.5 Å². The summed E-state index contributed by atoms with van der Waals surface area (Å²) in [5.74, 6) is 1.95. The van der Waals surface area contributed by atoms with Gasteiger partial charge in [0.05, 0.1) is 14.2 Å². The minimum Gasteiger partial charge on any atom is -0.496 e. The number of rotatable bonds is 4. The number of hydrogen-bond donors (Lipinski definition) is 0. The summed E-state index contributed by atoms with van der Waals surface area (Å²) in [6, 6.07) is 54.1. The Hall–Kier alpha value is -4.48. The van der Waals surface area contributed by atoms with Gasteiger partial charge in [-0.05, 0) is 95.3 Å². The first-order valence-corrected chi connectivity index (χ1v) is 19.7. The molecule has 0 radical (unpaired) electrons. The van der Waals surface area contributed by atoms with Crippen LogP contribution in [0.5, 0.6) is 11.5 Å². The van der Waals surface area contributed by atoms with E-state index in [4.69, 9.17) is 9.47 Å². The summed E-state index contributed by atoms with van der Waals surface area (Å²) in [5.41, 5.74) is 4.87. The molecule has 0 spiro atoms. The average Bonchev–Trinajstić information content (AvgIpc) is 3.15. The summed E-state index contributed by atoms with van der Waals surface area (Å²) in [4.78, 5) is 0. The molecule has 0 saturated heterocycles. The Labute approximate surface area is 285 Å². The Morgan fingerprint density at radius 1 is 0.417 bits per heavy atom. The van der Waals surface area contributed by atoms with Crippen molar-refractivity contribution in [1.82, 2.24) is 0 Å². The van der Waals surface area contributed by atoms with Crippen LogP contribution in [-0.2, 0) is 12.8 Å². The van der Waals surface area contributed by atoms with Crippen LogP contribution in [0.4, 0.5) is 0 Å². The monoisotopic (exact) mass is 660 g/mol. The van der Waals surface area contributed by atoms with Crippen molar-refractivity contribution in [3.8, 4) is 22.6 Å². The lowest BCUT2D eigenvalue weighted by atomic mass is 9.90. The molecule has 2 unspecified atom stereocenters. The van der Waals surface area contributed by atoms with E-state index in [1.807, 2.05) is 14.2 Å². The summed E-state index contributed by atoms with van der Waals surface area (Å²) in [6.45, 7) is 0. The summed E-state index contributed by atoms with van der Waals surface area (Å²) in [7, 11) is 2.38. The van der Waals surface area contributed by atoms with Crippen molar-refractivity contribution in [3.05, 3.63) is 157 Å². The summed E-state index contributed by atoms with van der Waals surface area (Å²) >= 11 is 0. The van der Waals surface area contributed by atoms with Gasteiger partial charge in [0.2, 0.25) is 0 Å². The normalized spacial score (nSPS) is 16.2. The molecule has 0 N–H and O–H groups in total. The smallest absolute Gasteiger partial charge is 0.130 e. The fourth-order valence-electron chi connectivity index (χ4n) is 7.47. The van der Waals surface area contributed by atoms with Gasteiger partial charge in [-0.25, -0.2) is 0 Å². The van der Waals surface area contributed by atoms with Crippen molar-refractivity contribution in [3.63, 3.8) is 0 Å². The zero-order chi connectivity index (χ0) is 32.5. The minimum atomic E-state index is -0.640. The zero-order valence-electron chi connectivity index (χ0n) is 27.4. The average molecular weight is 661 g/mol. The molecular weight excluding hydrogens is 622 g/mol. The van der Waals surface area contributed by atoms with Crippen molar-refractivity contribution in [2.75, 3.05) is 26.5 Å². The second-order valence-corrected chi connectivity index (χ2v) is 16.9. The van der Waals surface area contributed by atoms with E-state index >= 15 is 0 Å². The van der Waals surface area contributed by atoms with Crippen molar-refractivity contribution >= 4 is 58.6 Å². The molecule has 1 heterocycles. The number of aryl methyl sites for hydroxylation is 2. The second kappa shape index (κ2) is 13.6. The van der Waals surface area contributed by atoms with Crippen LogP contribution in [0.15, 0.2) is 146 Å². The number of ether oxygens (including phenoxy) is 2. The Balaban J connectivity index is 1.42. The van der Waals surface area contributed by atoms with Gasteiger partial charge in [0, 0.05) is 10.8 Å². The zero-order valence-corrected chi connectivity index (χ0v) is 29.2. The number of hydrogen-bond acceptors (Lipinski definition) is 2. The van der Waals surface area contributed by atoms with Crippen LogP contribution in [-0.4, -0.2) is 26.5 Å². The minimum absolute atomic E-state index is 0.640. The van der Waals surface area contributed by atoms with E-state index in [0.717, 1.165) is 36.7 Å². The van der Waals surface area contributed by atoms with E-state index in [1.165, 1.54) is 65.0 Å². The molecule has 0 saturated carbocycles. The molecule has 7 aromatic rings. The van der Waals surface area contributed by atoms with Crippen molar-refractivity contribution in [2.24, 2.45) is 0 Å². The number of methoxy groups -OCH3 is 2. The van der Waals surface area contributed by atoms with Gasteiger partial charge < -0.3 is 9.47 Å². The number of fused-ring (bicyclic) bond motifs is 4. The molecule has 0 aromatic heterocycles.